The second kappa shape index (κ2) is 7.23. The molecule has 0 bridgehead atoms. The van der Waals surface area contributed by atoms with Crippen molar-refractivity contribution >= 4 is 17.2 Å². The lowest BCUT2D eigenvalue weighted by atomic mass is 9.98. The molecular formula is C18H24N2O2S. The highest BCUT2D eigenvalue weighted by Crippen LogP contribution is 2.19. The van der Waals surface area contributed by atoms with Gasteiger partial charge in [0.2, 0.25) is 0 Å². The van der Waals surface area contributed by atoms with Crippen LogP contribution in [0.3, 0.4) is 0 Å². The highest BCUT2D eigenvalue weighted by atomic mass is 32.1. The van der Waals surface area contributed by atoms with Crippen molar-refractivity contribution in [2.75, 3.05) is 0 Å². The molecule has 1 aromatic carbocycles. The van der Waals surface area contributed by atoms with Crippen LogP contribution in [-0.2, 0) is 6.42 Å². The minimum Gasteiger partial charge on any atom is -0.390 e. The van der Waals surface area contributed by atoms with Crippen LogP contribution in [0.25, 0.3) is 0 Å². The van der Waals surface area contributed by atoms with E-state index in [-0.39, 0.29) is 11.9 Å². The molecule has 1 unspecified atom stereocenters. The highest BCUT2D eigenvalue weighted by molar-refractivity contribution is 7.09. The van der Waals surface area contributed by atoms with Gasteiger partial charge in [0.1, 0.15) is 5.01 Å². The Labute approximate surface area is 141 Å². The molecule has 2 N–H and O–H groups in total. The van der Waals surface area contributed by atoms with Crippen LogP contribution < -0.4 is 5.32 Å². The first-order valence-electron chi connectivity index (χ1n) is 7.79. The summed E-state index contributed by atoms with van der Waals surface area (Å²) in [6, 6.07) is 7.45. The molecule has 2 rings (SSSR count). The number of thiazole rings is 1. The summed E-state index contributed by atoms with van der Waals surface area (Å²) in [4.78, 5) is 16.8. The molecule has 1 aromatic heterocycles. The largest absolute Gasteiger partial charge is 0.390 e. The van der Waals surface area contributed by atoms with E-state index in [0.29, 0.717) is 12.0 Å². The van der Waals surface area contributed by atoms with E-state index in [0.717, 1.165) is 22.7 Å². The molecule has 1 heterocycles. The standard InChI is InChI=1S/C18H24N2O2S/c1-12-11-23-17(19-12)13(2)20-16(21)15-7-5-6-14(10-15)8-9-18(3,4)22/h5-7,10-11,13,22H,8-9H2,1-4H3,(H,20,21). The molecule has 1 amide bonds. The summed E-state index contributed by atoms with van der Waals surface area (Å²) >= 11 is 1.56. The Bertz CT molecular complexity index is 674. The van der Waals surface area contributed by atoms with E-state index in [4.69, 9.17) is 0 Å². The van der Waals surface area contributed by atoms with Crippen molar-refractivity contribution in [3.05, 3.63) is 51.5 Å². The molecule has 0 aliphatic carbocycles. The van der Waals surface area contributed by atoms with Crippen molar-refractivity contribution in [2.45, 2.75) is 52.2 Å². The molecule has 5 heteroatoms. The lowest BCUT2D eigenvalue weighted by Gasteiger charge is -2.17. The minimum absolute atomic E-state index is 0.101. The van der Waals surface area contributed by atoms with Crippen LogP contribution in [0.2, 0.25) is 0 Å². The Morgan fingerprint density at radius 1 is 1.43 bits per heavy atom. The zero-order chi connectivity index (χ0) is 17.0. The number of carbonyl (C=O) groups is 1. The number of aromatic nitrogens is 1. The molecule has 124 valence electrons. The first-order valence-corrected chi connectivity index (χ1v) is 8.67. The summed E-state index contributed by atoms with van der Waals surface area (Å²) in [7, 11) is 0. The molecular weight excluding hydrogens is 308 g/mol. The number of hydrogen-bond donors (Lipinski definition) is 2. The second-order valence-electron chi connectivity index (χ2n) is 6.54. The predicted molar refractivity (Wildman–Crippen MR) is 93.8 cm³/mol. The predicted octanol–water partition coefficient (Wildman–Crippen LogP) is 3.65. The number of nitrogens with zero attached hydrogens (tertiary/aromatic N) is 1. The number of aliphatic hydroxyl groups is 1. The van der Waals surface area contributed by atoms with Gasteiger partial charge >= 0.3 is 0 Å². The molecule has 0 aliphatic rings. The molecule has 23 heavy (non-hydrogen) atoms. The fourth-order valence-electron chi connectivity index (χ4n) is 2.23. The van der Waals surface area contributed by atoms with Gasteiger partial charge < -0.3 is 10.4 Å². The Morgan fingerprint density at radius 3 is 2.78 bits per heavy atom. The van der Waals surface area contributed by atoms with E-state index < -0.39 is 5.60 Å². The molecule has 0 aliphatic heterocycles. The lowest BCUT2D eigenvalue weighted by Crippen LogP contribution is -2.26. The number of benzene rings is 1. The Balaban J connectivity index is 2.02. The third-order valence-electron chi connectivity index (χ3n) is 3.57. The van der Waals surface area contributed by atoms with Crippen molar-refractivity contribution in [1.82, 2.24) is 10.3 Å². The maximum atomic E-state index is 12.4. The van der Waals surface area contributed by atoms with Gasteiger partial charge in [0, 0.05) is 16.6 Å². The topological polar surface area (TPSA) is 62.2 Å². The van der Waals surface area contributed by atoms with Gasteiger partial charge in [-0.1, -0.05) is 12.1 Å². The van der Waals surface area contributed by atoms with Crippen LogP contribution in [-0.4, -0.2) is 21.6 Å². The van der Waals surface area contributed by atoms with Crippen molar-refractivity contribution in [2.24, 2.45) is 0 Å². The minimum atomic E-state index is -0.699. The number of aryl methyl sites for hydroxylation is 2. The van der Waals surface area contributed by atoms with Crippen LogP contribution in [0.4, 0.5) is 0 Å². The molecule has 0 spiro atoms. The number of hydrogen-bond acceptors (Lipinski definition) is 4. The molecule has 0 saturated heterocycles. The van der Waals surface area contributed by atoms with Gasteiger partial charge in [-0.05, 0) is 58.2 Å². The van der Waals surface area contributed by atoms with Crippen molar-refractivity contribution in [3.8, 4) is 0 Å². The zero-order valence-electron chi connectivity index (χ0n) is 14.1. The van der Waals surface area contributed by atoms with Crippen LogP contribution in [0.5, 0.6) is 0 Å². The van der Waals surface area contributed by atoms with Crippen LogP contribution in [0, 0.1) is 6.92 Å². The average molecular weight is 332 g/mol. The van der Waals surface area contributed by atoms with E-state index in [2.05, 4.69) is 10.3 Å². The smallest absolute Gasteiger partial charge is 0.251 e. The molecule has 1 atom stereocenters. The third-order valence-corrected chi connectivity index (χ3v) is 4.71. The summed E-state index contributed by atoms with van der Waals surface area (Å²) in [5.74, 6) is -0.101. The number of carbonyl (C=O) groups excluding carboxylic acids is 1. The first kappa shape index (κ1) is 17.6. The van der Waals surface area contributed by atoms with Gasteiger partial charge in [0.25, 0.3) is 5.91 Å². The summed E-state index contributed by atoms with van der Waals surface area (Å²) in [5.41, 5.74) is 1.96. The SMILES string of the molecule is Cc1csc(C(C)NC(=O)c2cccc(CCC(C)(C)O)c2)n1. The fourth-order valence-corrected chi connectivity index (χ4v) is 3.03. The highest BCUT2D eigenvalue weighted by Gasteiger charge is 2.15. The monoisotopic (exact) mass is 332 g/mol. The quantitative estimate of drug-likeness (QED) is 0.849. The van der Waals surface area contributed by atoms with Crippen LogP contribution in [0.1, 0.15) is 59.9 Å². The maximum absolute atomic E-state index is 12.4. The van der Waals surface area contributed by atoms with E-state index >= 15 is 0 Å². The molecule has 2 aromatic rings. The van der Waals surface area contributed by atoms with E-state index in [1.54, 1.807) is 25.2 Å². The van der Waals surface area contributed by atoms with Gasteiger partial charge in [-0.3, -0.25) is 4.79 Å². The Hall–Kier alpha value is -1.72. The second-order valence-corrected chi connectivity index (χ2v) is 7.42. The van der Waals surface area contributed by atoms with Gasteiger partial charge in [0.15, 0.2) is 0 Å². The van der Waals surface area contributed by atoms with E-state index in [1.807, 2.05) is 43.5 Å². The zero-order valence-corrected chi connectivity index (χ0v) is 14.9. The van der Waals surface area contributed by atoms with Crippen molar-refractivity contribution < 1.29 is 9.90 Å². The third kappa shape index (κ3) is 5.44. The normalized spacial score (nSPS) is 12.9. The summed E-state index contributed by atoms with van der Waals surface area (Å²) in [6.07, 6.45) is 1.40. The maximum Gasteiger partial charge on any atom is 0.251 e. The van der Waals surface area contributed by atoms with E-state index in [1.165, 1.54) is 0 Å². The van der Waals surface area contributed by atoms with Gasteiger partial charge in [-0.2, -0.15) is 0 Å². The summed E-state index contributed by atoms with van der Waals surface area (Å²) in [6.45, 7) is 7.47. The van der Waals surface area contributed by atoms with Gasteiger partial charge in [0.05, 0.1) is 11.6 Å². The van der Waals surface area contributed by atoms with Crippen LogP contribution >= 0.6 is 11.3 Å². The molecule has 0 saturated carbocycles. The fraction of sp³-hybridized carbons (Fsp3) is 0.444. The van der Waals surface area contributed by atoms with Crippen molar-refractivity contribution in [3.63, 3.8) is 0 Å². The Kier molecular flexibility index (Phi) is 5.55. The number of amides is 1. The molecule has 0 fully saturated rings. The molecule has 4 nitrogen and oxygen atoms in total. The Morgan fingerprint density at radius 2 is 2.17 bits per heavy atom. The van der Waals surface area contributed by atoms with E-state index in [9.17, 15) is 9.90 Å². The summed E-state index contributed by atoms with van der Waals surface area (Å²) in [5, 5.41) is 15.7. The number of rotatable bonds is 6. The lowest BCUT2D eigenvalue weighted by molar-refractivity contribution is 0.0714. The average Bonchev–Trinajstić information content (AvgIpc) is 2.91. The molecule has 0 radical (unpaired) electrons. The van der Waals surface area contributed by atoms with Crippen molar-refractivity contribution in [1.29, 1.82) is 0 Å². The number of nitrogens with one attached hydrogen (secondary N) is 1. The first-order chi connectivity index (χ1) is 10.7. The summed E-state index contributed by atoms with van der Waals surface area (Å²) < 4.78 is 0. The van der Waals surface area contributed by atoms with Gasteiger partial charge in [-0.25, -0.2) is 4.98 Å². The van der Waals surface area contributed by atoms with Gasteiger partial charge in [-0.15, -0.1) is 11.3 Å². The van der Waals surface area contributed by atoms with Crippen LogP contribution in [0.15, 0.2) is 29.6 Å².